The van der Waals surface area contributed by atoms with Gasteiger partial charge >= 0.3 is 0 Å². The zero-order valence-electron chi connectivity index (χ0n) is 19.6. The van der Waals surface area contributed by atoms with E-state index < -0.39 is 10.0 Å². The zero-order valence-corrected chi connectivity index (χ0v) is 21.9. The molecule has 0 radical (unpaired) electrons. The number of aryl methyl sites for hydroxylation is 1. The van der Waals surface area contributed by atoms with Crippen molar-refractivity contribution in [2.75, 3.05) is 18.9 Å². The summed E-state index contributed by atoms with van der Waals surface area (Å²) >= 11 is 12.9. The fraction of sp³-hybridized carbons (Fsp3) is 0.304. The summed E-state index contributed by atoms with van der Waals surface area (Å²) in [7, 11) is -2.19. The molecule has 3 aromatic rings. The van der Waals surface area contributed by atoms with Gasteiger partial charge in [-0.25, -0.2) is 23.8 Å². The number of hydrogen-bond acceptors (Lipinski definition) is 7. The average molecular weight is 536 g/mol. The van der Waals surface area contributed by atoms with Crippen LogP contribution in [0.2, 0.25) is 10.0 Å². The molecule has 12 heteroatoms. The lowest BCUT2D eigenvalue weighted by atomic mass is 10.1. The van der Waals surface area contributed by atoms with E-state index in [2.05, 4.69) is 25.4 Å². The predicted molar refractivity (Wildman–Crippen MR) is 138 cm³/mol. The van der Waals surface area contributed by atoms with Crippen molar-refractivity contribution in [1.82, 2.24) is 29.7 Å². The minimum absolute atomic E-state index is 0.0388. The molecule has 1 aromatic carbocycles. The van der Waals surface area contributed by atoms with E-state index in [0.717, 1.165) is 30.8 Å². The Kier molecular flexibility index (Phi) is 7.56. The van der Waals surface area contributed by atoms with E-state index in [1.165, 1.54) is 0 Å². The van der Waals surface area contributed by atoms with E-state index in [9.17, 15) is 8.42 Å². The van der Waals surface area contributed by atoms with Gasteiger partial charge in [0.1, 0.15) is 10.7 Å². The summed E-state index contributed by atoms with van der Waals surface area (Å²) in [6.07, 6.45) is 8.05. The Bertz CT molecular complexity index is 1320. The highest BCUT2D eigenvalue weighted by Gasteiger charge is 2.30. The number of sulfonamides is 1. The third kappa shape index (κ3) is 5.72. The molecule has 0 bridgehead atoms. The summed E-state index contributed by atoms with van der Waals surface area (Å²) in [6.45, 7) is 5.28. The van der Waals surface area contributed by atoms with Gasteiger partial charge in [0.2, 0.25) is 0 Å². The summed E-state index contributed by atoms with van der Waals surface area (Å²) in [4.78, 5) is 8.24. The Morgan fingerprint density at radius 1 is 1.14 bits per heavy atom. The maximum atomic E-state index is 13.2. The number of nitrogens with zero attached hydrogens (tertiary/aromatic N) is 4. The first-order valence-corrected chi connectivity index (χ1v) is 13.3. The summed E-state index contributed by atoms with van der Waals surface area (Å²) in [5, 5.41) is 5.15. The zero-order chi connectivity index (χ0) is 25.2. The highest BCUT2D eigenvalue weighted by molar-refractivity contribution is 7.89. The van der Waals surface area contributed by atoms with E-state index >= 15 is 0 Å². The molecular weight excluding hydrogens is 509 g/mol. The Balaban J connectivity index is 1.51. The molecule has 1 aliphatic rings. The lowest BCUT2D eigenvalue weighted by Crippen LogP contribution is -2.35. The van der Waals surface area contributed by atoms with Gasteiger partial charge in [0.15, 0.2) is 0 Å². The summed E-state index contributed by atoms with van der Waals surface area (Å²) in [5.41, 5.74) is 5.95. The molecule has 3 heterocycles. The molecule has 0 aliphatic carbocycles. The molecular formula is C23H27Cl2N7O2S. The molecule has 1 unspecified atom stereocenters. The van der Waals surface area contributed by atoms with Crippen LogP contribution >= 0.6 is 23.2 Å². The molecule has 0 fully saturated rings. The maximum Gasteiger partial charge on any atom is 0.264 e. The smallest absolute Gasteiger partial charge is 0.264 e. The van der Waals surface area contributed by atoms with Crippen LogP contribution in [-0.4, -0.2) is 47.6 Å². The third-order valence-corrected chi connectivity index (χ3v) is 8.06. The van der Waals surface area contributed by atoms with Gasteiger partial charge in [-0.2, -0.15) is 0 Å². The van der Waals surface area contributed by atoms with E-state index in [1.807, 2.05) is 43.8 Å². The van der Waals surface area contributed by atoms with Crippen LogP contribution in [0.5, 0.6) is 0 Å². The number of pyridine rings is 1. The van der Waals surface area contributed by atoms with Gasteiger partial charge in [-0.05, 0) is 55.7 Å². The van der Waals surface area contributed by atoms with Crippen molar-refractivity contribution in [2.24, 2.45) is 0 Å². The van der Waals surface area contributed by atoms with Crippen LogP contribution in [0.15, 0.2) is 65.5 Å². The number of imidazole rings is 1. The van der Waals surface area contributed by atoms with Gasteiger partial charge in [0.05, 0.1) is 28.1 Å². The minimum Gasteiger partial charge on any atom is -0.370 e. The number of halogens is 2. The Morgan fingerprint density at radius 2 is 1.89 bits per heavy atom. The van der Waals surface area contributed by atoms with Crippen molar-refractivity contribution < 1.29 is 8.42 Å². The van der Waals surface area contributed by atoms with Crippen molar-refractivity contribution in [1.29, 1.82) is 0 Å². The Morgan fingerprint density at radius 3 is 2.51 bits per heavy atom. The molecule has 0 saturated heterocycles. The highest BCUT2D eigenvalue weighted by atomic mass is 35.5. The van der Waals surface area contributed by atoms with Crippen LogP contribution in [0.1, 0.15) is 20.3 Å². The van der Waals surface area contributed by atoms with E-state index in [0.29, 0.717) is 17.1 Å². The third-order valence-electron chi connectivity index (χ3n) is 5.78. The maximum absolute atomic E-state index is 13.2. The molecule has 186 valence electrons. The fourth-order valence-electron chi connectivity index (χ4n) is 3.89. The number of anilines is 1. The number of hydrogen-bond donors (Lipinski definition) is 3. The number of aromatic nitrogens is 3. The van der Waals surface area contributed by atoms with Crippen molar-refractivity contribution in [3.8, 4) is 11.1 Å². The SMILES string of the molecule is CC1=C(NS(=O)(=O)c2c(Cl)cc(-c3ccnc(NCCCn4ccnc4)c3)cc2Cl)C(C)NN1C. The van der Waals surface area contributed by atoms with Crippen molar-refractivity contribution in [3.63, 3.8) is 0 Å². The van der Waals surface area contributed by atoms with Crippen LogP contribution < -0.4 is 15.5 Å². The van der Waals surface area contributed by atoms with Crippen LogP contribution in [0, 0.1) is 0 Å². The Labute approximate surface area is 215 Å². The number of benzene rings is 1. The first-order chi connectivity index (χ1) is 16.7. The summed E-state index contributed by atoms with van der Waals surface area (Å²) in [5.74, 6) is 0.702. The number of hydrazine groups is 1. The monoisotopic (exact) mass is 535 g/mol. The van der Waals surface area contributed by atoms with Gasteiger partial charge in [-0.15, -0.1) is 0 Å². The number of allylic oxidation sites excluding steroid dienone is 1. The molecule has 35 heavy (non-hydrogen) atoms. The molecule has 4 rings (SSSR count). The topological polar surface area (TPSA) is 104 Å². The largest absolute Gasteiger partial charge is 0.370 e. The normalized spacial score (nSPS) is 16.1. The van der Waals surface area contributed by atoms with Gasteiger partial charge in [0.25, 0.3) is 10.0 Å². The lowest BCUT2D eigenvalue weighted by molar-refractivity contribution is 0.315. The number of rotatable bonds is 9. The van der Waals surface area contributed by atoms with Crippen molar-refractivity contribution in [3.05, 3.63) is 70.6 Å². The number of nitrogens with one attached hydrogen (secondary N) is 3. The molecule has 0 spiro atoms. The van der Waals surface area contributed by atoms with Crippen LogP contribution in [-0.2, 0) is 16.6 Å². The lowest BCUT2D eigenvalue weighted by Gasteiger charge is -2.16. The van der Waals surface area contributed by atoms with E-state index in [-0.39, 0.29) is 21.0 Å². The molecule has 1 atom stereocenters. The first-order valence-electron chi connectivity index (χ1n) is 11.0. The molecule has 0 saturated carbocycles. The van der Waals surface area contributed by atoms with Crippen molar-refractivity contribution in [2.45, 2.75) is 37.8 Å². The average Bonchev–Trinajstić information content (AvgIpc) is 3.40. The van der Waals surface area contributed by atoms with Crippen LogP contribution in [0.25, 0.3) is 11.1 Å². The Hall–Kier alpha value is -2.79. The molecule has 0 amide bonds. The van der Waals surface area contributed by atoms with Crippen LogP contribution in [0.4, 0.5) is 5.82 Å². The van der Waals surface area contributed by atoms with Gasteiger partial charge in [0, 0.05) is 44.4 Å². The second-order valence-corrected chi connectivity index (χ2v) is 10.7. The summed E-state index contributed by atoms with van der Waals surface area (Å²) < 4.78 is 31.0. The highest BCUT2D eigenvalue weighted by Crippen LogP contribution is 2.36. The predicted octanol–water partition coefficient (Wildman–Crippen LogP) is 4.10. The fourth-order valence-corrected chi connectivity index (χ4v) is 6.33. The van der Waals surface area contributed by atoms with Gasteiger partial charge in [-0.3, -0.25) is 4.72 Å². The molecule has 9 nitrogen and oxygen atoms in total. The quantitative estimate of drug-likeness (QED) is 0.354. The van der Waals surface area contributed by atoms with Crippen LogP contribution in [0.3, 0.4) is 0 Å². The molecule has 3 N–H and O–H groups in total. The standard InChI is InChI=1S/C23H27Cl2N7O2S/c1-15-22(16(2)31(3)29-15)30-35(33,34)23-19(24)11-18(12-20(23)25)17-5-7-28-21(13-17)27-6-4-9-32-10-8-26-14-32/h5,7-8,10-15,29-30H,4,6,9H2,1-3H3,(H,27,28). The second kappa shape index (κ2) is 10.4. The minimum atomic E-state index is -4.00. The van der Waals surface area contributed by atoms with E-state index in [4.69, 9.17) is 23.2 Å². The summed E-state index contributed by atoms with van der Waals surface area (Å²) in [6, 6.07) is 6.70. The van der Waals surface area contributed by atoms with Gasteiger partial charge < -0.3 is 14.9 Å². The van der Waals surface area contributed by atoms with Gasteiger partial charge in [-0.1, -0.05) is 23.2 Å². The van der Waals surface area contributed by atoms with Crippen molar-refractivity contribution >= 4 is 39.0 Å². The second-order valence-electron chi connectivity index (χ2n) is 8.29. The molecule has 2 aromatic heterocycles. The molecule has 1 aliphatic heterocycles. The van der Waals surface area contributed by atoms with E-state index in [1.54, 1.807) is 35.9 Å². The first kappa shape index (κ1) is 25.3.